The second-order valence-electron chi connectivity index (χ2n) is 3.30. The van der Waals surface area contributed by atoms with E-state index in [0.29, 0.717) is 16.7 Å². The molecule has 0 spiro atoms. The van der Waals surface area contributed by atoms with Gasteiger partial charge in [-0.05, 0) is 18.6 Å². The zero-order valence-corrected chi connectivity index (χ0v) is 9.23. The molecule has 1 atom stereocenters. The molecule has 0 saturated carbocycles. The van der Waals surface area contributed by atoms with Gasteiger partial charge in [0.15, 0.2) is 0 Å². The highest BCUT2D eigenvalue weighted by Crippen LogP contribution is 2.30. The smallest absolute Gasteiger partial charge is 0.121 e. The zero-order chi connectivity index (χ0) is 10.1. The van der Waals surface area contributed by atoms with Crippen LogP contribution in [0.25, 0.3) is 0 Å². The summed E-state index contributed by atoms with van der Waals surface area (Å²) < 4.78 is 10.5. The van der Waals surface area contributed by atoms with E-state index in [1.165, 1.54) is 0 Å². The van der Waals surface area contributed by atoms with Gasteiger partial charge in [0.1, 0.15) is 18.5 Å². The van der Waals surface area contributed by atoms with Crippen molar-refractivity contribution in [3.8, 4) is 5.75 Å². The molecule has 1 aromatic rings. The minimum atomic E-state index is 0.254. The average molecular weight is 233 g/mol. The van der Waals surface area contributed by atoms with E-state index < -0.39 is 0 Å². The predicted octanol–water partition coefficient (Wildman–Crippen LogP) is 3.08. The standard InChI is InChI=1S/C10H10Cl2O2/c1-6-2-7(3-9(11)10(6)12)13-4-8-5-14-8/h2-3,8H,4-5H2,1H3. The first-order chi connectivity index (χ1) is 6.66. The second-order valence-corrected chi connectivity index (χ2v) is 4.09. The molecule has 1 aliphatic heterocycles. The van der Waals surface area contributed by atoms with Gasteiger partial charge in [-0.3, -0.25) is 0 Å². The summed E-state index contributed by atoms with van der Waals surface area (Å²) in [5, 5.41) is 1.11. The van der Waals surface area contributed by atoms with E-state index in [-0.39, 0.29) is 6.10 Å². The Morgan fingerprint density at radius 2 is 2.21 bits per heavy atom. The van der Waals surface area contributed by atoms with Crippen LogP contribution in [0.5, 0.6) is 5.75 Å². The van der Waals surface area contributed by atoms with Gasteiger partial charge in [0.25, 0.3) is 0 Å². The number of benzene rings is 1. The molecule has 1 aliphatic rings. The lowest BCUT2D eigenvalue weighted by Crippen LogP contribution is -2.04. The summed E-state index contributed by atoms with van der Waals surface area (Å²) in [5.41, 5.74) is 0.922. The van der Waals surface area contributed by atoms with Crippen molar-refractivity contribution in [2.45, 2.75) is 13.0 Å². The number of hydrogen-bond acceptors (Lipinski definition) is 2. The van der Waals surface area contributed by atoms with Gasteiger partial charge in [0, 0.05) is 6.07 Å². The highest BCUT2D eigenvalue weighted by Gasteiger charge is 2.23. The average Bonchev–Trinajstić information content (AvgIpc) is 2.94. The maximum Gasteiger partial charge on any atom is 0.121 e. The maximum absolute atomic E-state index is 5.91. The zero-order valence-electron chi connectivity index (χ0n) is 7.72. The lowest BCUT2D eigenvalue weighted by molar-refractivity contribution is 0.263. The first-order valence-electron chi connectivity index (χ1n) is 4.37. The molecule has 0 bridgehead atoms. The van der Waals surface area contributed by atoms with Gasteiger partial charge in [0.05, 0.1) is 16.7 Å². The van der Waals surface area contributed by atoms with Gasteiger partial charge < -0.3 is 9.47 Å². The summed E-state index contributed by atoms with van der Waals surface area (Å²) in [6, 6.07) is 3.59. The fourth-order valence-corrected chi connectivity index (χ4v) is 1.50. The van der Waals surface area contributed by atoms with Crippen LogP contribution in [0.1, 0.15) is 5.56 Å². The van der Waals surface area contributed by atoms with E-state index in [1.807, 2.05) is 13.0 Å². The molecule has 14 heavy (non-hydrogen) atoms. The summed E-state index contributed by atoms with van der Waals surface area (Å²) >= 11 is 11.8. The molecule has 0 aromatic heterocycles. The van der Waals surface area contributed by atoms with Crippen LogP contribution in [-0.2, 0) is 4.74 Å². The first-order valence-corrected chi connectivity index (χ1v) is 5.12. The molecule has 1 heterocycles. The van der Waals surface area contributed by atoms with Crippen molar-refractivity contribution in [3.63, 3.8) is 0 Å². The monoisotopic (exact) mass is 232 g/mol. The molecule has 0 aliphatic carbocycles. The van der Waals surface area contributed by atoms with Crippen molar-refractivity contribution in [2.24, 2.45) is 0 Å². The van der Waals surface area contributed by atoms with Gasteiger partial charge in [-0.1, -0.05) is 23.2 Å². The Morgan fingerprint density at radius 3 is 2.79 bits per heavy atom. The lowest BCUT2D eigenvalue weighted by Gasteiger charge is -2.07. The highest BCUT2D eigenvalue weighted by atomic mass is 35.5. The van der Waals surface area contributed by atoms with Crippen LogP contribution >= 0.6 is 23.2 Å². The largest absolute Gasteiger partial charge is 0.491 e. The molecule has 1 fully saturated rings. The molecular formula is C10H10Cl2O2. The number of epoxide rings is 1. The van der Waals surface area contributed by atoms with Gasteiger partial charge in [-0.15, -0.1) is 0 Å². The molecule has 76 valence electrons. The first kappa shape index (κ1) is 10.1. The van der Waals surface area contributed by atoms with Crippen molar-refractivity contribution in [1.82, 2.24) is 0 Å². The van der Waals surface area contributed by atoms with Crippen molar-refractivity contribution < 1.29 is 9.47 Å². The van der Waals surface area contributed by atoms with Gasteiger partial charge in [-0.25, -0.2) is 0 Å². The van der Waals surface area contributed by atoms with E-state index in [1.54, 1.807) is 6.07 Å². The molecule has 1 aromatic carbocycles. The van der Waals surface area contributed by atoms with Crippen LogP contribution in [0.15, 0.2) is 12.1 Å². The molecule has 4 heteroatoms. The van der Waals surface area contributed by atoms with E-state index >= 15 is 0 Å². The SMILES string of the molecule is Cc1cc(OCC2CO2)cc(Cl)c1Cl. The minimum absolute atomic E-state index is 0.254. The summed E-state index contributed by atoms with van der Waals surface area (Å²) in [5.74, 6) is 0.743. The van der Waals surface area contributed by atoms with E-state index in [4.69, 9.17) is 32.7 Å². The van der Waals surface area contributed by atoms with Crippen LogP contribution in [0.3, 0.4) is 0 Å². The van der Waals surface area contributed by atoms with Crippen LogP contribution in [0.2, 0.25) is 10.0 Å². The van der Waals surface area contributed by atoms with E-state index in [0.717, 1.165) is 17.9 Å². The van der Waals surface area contributed by atoms with Gasteiger partial charge in [-0.2, -0.15) is 0 Å². The Balaban J connectivity index is 2.08. The van der Waals surface area contributed by atoms with Gasteiger partial charge >= 0.3 is 0 Å². The Labute approximate surface area is 92.7 Å². The fourth-order valence-electron chi connectivity index (χ4n) is 1.13. The summed E-state index contributed by atoms with van der Waals surface area (Å²) in [4.78, 5) is 0. The minimum Gasteiger partial charge on any atom is -0.491 e. The topological polar surface area (TPSA) is 21.8 Å². The van der Waals surface area contributed by atoms with E-state index in [9.17, 15) is 0 Å². The summed E-state index contributed by atoms with van der Waals surface area (Å²) in [6.07, 6.45) is 0.254. The van der Waals surface area contributed by atoms with Crippen LogP contribution in [0.4, 0.5) is 0 Å². The molecule has 1 unspecified atom stereocenters. The molecular weight excluding hydrogens is 223 g/mol. The number of rotatable bonds is 3. The fraction of sp³-hybridized carbons (Fsp3) is 0.400. The van der Waals surface area contributed by atoms with Crippen molar-refractivity contribution in [1.29, 1.82) is 0 Å². The molecule has 0 radical (unpaired) electrons. The number of hydrogen-bond donors (Lipinski definition) is 0. The van der Waals surface area contributed by atoms with Gasteiger partial charge in [0.2, 0.25) is 0 Å². The van der Waals surface area contributed by atoms with Crippen molar-refractivity contribution in [3.05, 3.63) is 27.7 Å². The second kappa shape index (κ2) is 3.97. The van der Waals surface area contributed by atoms with Crippen LogP contribution in [0, 0.1) is 6.92 Å². The molecule has 0 amide bonds. The molecule has 0 N–H and O–H groups in total. The number of halogens is 2. The molecule has 2 nitrogen and oxygen atoms in total. The Bertz CT molecular complexity index is 325. The molecule has 1 saturated heterocycles. The van der Waals surface area contributed by atoms with Crippen molar-refractivity contribution >= 4 is 23.2 Å². The Hall–Kier alpha value is -0.440. The number of ether oxygens (including phenoxy) is 2. The quantitative estimate of drug-likeness (QED) is 0.748. The Kier molecular flexibility index (Phi) is 2.86. The third-order valence-electron chi connectivity index (χ3n) is 2.02. The third-order valence-corrected chi connectivity index (χ3v) is 2.92. The summed E-state index contributed by atoms with van der Waals surface area (Å²) in [6.45, 7) is 3.27. The number of aryl methyl sites for hydroxylation is 1. The normalized spacial score (nSPS) is 19.5. The third kappa shape index (κ3) is 2.32. The summed E-state index contributed by atoms with van der Waals surface area (Å²) in [7, 11) is 0. The lowest BCUT2D eigenvalue weighted by atomic mass is 10.2. The van der Waals surface area contributed by atoms with E-state index in [2.05, 4.69) is 0 Å². The van der Waals surface area contributed by atoms with Crippen LogP contribution in [-0.4, -0.2) is 19.3 Å². The maximum atomic E-state index is 5.91. The van der Waals surface area contributed by atoms with Crippen LogP contribution < -0.4 is 4.74 Å². The highest BCUT2D eigenvalue weighted by molar-refractivity contribution is 6.42. The van der Waals surface area contributed by atoms with Crippen molar-refractivity contribution in [2.75, 3.05) is 13.2 Å². The predicted molar refractivity (Wildman–Crippen MR) is 56.4 cm³/mol. The molecule has 2 rings (SSSR count). The Morgan fingerprint density at radius 1 is 1.50 bits per heavy atom.